The predicted molar refractivity (Wildman–Crippen MR) is 80.5 cm³/mol. The lowest BCUT2D eigenvalue weighted by Gasteiger charge is -2.06. The van der Waals surface area contributed by atoms with Gasteiger partial charge in [-0.05, 0) is 43.3 Å². The third-order valence-corrected chi connectivity index (χ3v) is 2.77. The van der Waals surface area contributed by atoms with Crippen molar-refractivity contribution in [3.05, 3.63) is 48.4 Å². The molecule has 1 heterocycles. The van der Waals surface area contributed by atoms with Gasteiger partial charge in [-0.25, -0.2) is 5.43 Å². The molecule has 1 aromatic carbocycles. The molecule has 6 heteroatoms. The van der Waals surface area contributed by atoms with Gasteiger partial charge in [0.2, 0.25) is 0 Å². The number of rotatable bonds is 6. The summed E-state index contributed by atoms with van der Waals surface area (Å²) >= 11 is 0. The molecule has 2 aromatic rings. The Morgan fingerprint density at radius 1 is 1.29 bits per heavy atom. The Hall–Kier alpha value is -2.76. The van der Waals surface area contributed by atoms with Crippen molar-refractivity contribution in [1.82, 2.24) is 5.43 Å². The summed E-state index contributed by atoms with van der Waals surface area (Å²) in [6.45, 7) is 1.89. The van der Waals surface area contributed by atoms with E-state index in [9.17, 15) is 4.79 Å². The fourth-order valence-electron chi connectivity index (χ4n) is 1.62. The second-order valence-electron chi connectivity index (χ2n) is 4.29. The number of benzene rings is 1. The molecule has 110 valence electrons. The van der Waals surface area contributed by atoms with Crippen molar-refractivity contribution in [1.29, 1.82) is 0 Å². The van der Waals surface area contributed by atoms with Gasteiger partial charge >= 0.3 is 0 Å². The highest BCUT2D eigenvalue weighted by molar-refractivity contribution is 5.96. The van der Waals surface area contributed by atoms with Gasteiger partial charge in [-0.2, -0.15) is 5.10 Å². The minimum Gasteiger partial charge on any atom is -0.497 e. The SMILES string of the molecule is COc1ccc(NCC(=O)NN=C(C)c2ccco2)cc1. The number of nitrogens with one attached hydrogen (secondary N) is 2. The maximum absolute atomic E-state index is 11.7. The van der Waals surface area contributed by atoms with E-state index >= 15 is 0 Å². The average molecular weight is 287 g/mol. The van der Waals surface area contributed by atoms with E-state index in [1.54, 1.807) is 32.4 Å². The summed E-state index contributed by atoms with van der Waals surface area (Å²) in [5.74, 6) is 1.15. The lowest BCUT2D eigenvalue weighted by Crippen LogP contribution is -2.26. The summed E-state index contributed by atoms with van der Waals surface area (Å²) in [6, 6.07) is 10.9. The van der Waals surface area contributed by atoms with Crippen molar-refractivity contribution in [2.75, 3.05) is 19.0 Å². The van der Waals surface area contributed by atoms with E-state index in [4.69, 9.17) is 9.15 Å². The number of methoxy groups -OCH3 is 1. The zero-order valence-corrected chi connectivity index (χ0v) is 11.9. The summed E-state index contributed by atoms with van der Waals surface area (Å²) in [5, 5.41) is 6.96. The molecule has 1 aromatic heterocycles. The molecule has 21 heavy (non-hydrogen) atoms. The maximum Gasteiger partial charge on any atom is 0.259 e. The van der Waals surface area contributed by atoms with Crippen molar-refractivity contribution < 1.29 is 13.9 Å². The molecule has 0 bridgehead atoms. The van der Waals surface area contributed by atoms with E-state index in [0.29, 0.717) is 11.5 Å². The van der Waals surface area contributed by atoms with Crippen molar-refractivity contribution in [2.24, 2.45) is 5.10 Å². The van der Waals surface area contributed by atoms with E-state index in [1.165, 1.54) is 0 Å². The van der Waals surface area contributed by atoms with E-state index in [2.05, 4.69) is 15.8 Å². The molecule has 0 aliphatic rings. The van der Waals surface area contributed by atoms with Gasteiger partial charge in [-0.15, -0.1) is 0 Å². The van der Waals surface area contributed by atoms with Gasteiger partial charge in [0.15, 0.2) is 0 Å². The van der Waals surface area contributed by atoms with Crippen molar-refractivity contribution in [2.45, 2.75) is 6.92 Å². The molecule has 0 spiro atoms. The van der Waals surface area contributed by atoms with Crippen LogP contribution in [0.5, 0.6) is 5.75 Å². The van der Waals surface area contributed by atoms with Crippen LogP contribution < -0.4 is 15.5 Å². The van der Waals surface area contributed by atoms with Crippen LogP contribution in [0.15, 0.2) is 52.2 Å². The molecule has 1 amide bonds. The Morgan fingerprint density at radius 2 is 2.05 bits per heavy atom. The van der Waals surface area contributed by atoms with E-state index in [1.807, 2.05) is 24.3 Å². The third-order valence-electron chi connectivity index (χ3n) is 2.77. The van der Waals surface area contributed by atoms with Crippen molar-refractivity contribution >= 4 is 17.3 Å². The van der Waals surface area contributed by atoms with Gasteiger partial charge in [-0.1, -0.05) is 0 Å². The molecule has 0 fully saturated rings. The lowest BCUT2D eigenvalue weighted by atomic mass is 10.3. The molecule has 0 atom stereocenters. The number of hydrogen-bond acceptors (Lipinski definition) is 5. The van der Waals surface area contributed by atoms with Crippen LogP contribution in [-0.2, 0) is 4.79 Å². The van der Waals surface area contributed by atoms with Crippen LogP contribution in [0.2, 0.25) is 0 Å². The van der Waals surface area contributed by atoms with Gasteiger partial charge in [0.25, 0.3) is 5.91 Å². The predicted octanol–water partition coefficient (Wildman–Crippen LogP) is 2.24. The number of furan rings is 1. The fraction of sp³-hybridized carbons (Fsp3) is 0.200. The first kappa shape index (κ1) is 14.6. The minimum absolute atomic E-state index is 0.126. The van der Waals surface area contributed by atoms with Crippen LogP contribution in [0.3, 0.4) is 0 Å². The number of carbonyl (C=O) groups excluding carboxylic acids is 1. The van der Waals surface area contributed by atoms with Crippen LogP contribution in [0.4, 0.5) is 5.69 Å². The molecule has 0 aliphatic carbocycles. The van der Waals surface area contributed by atoms with Gasteiger partial charge in [0.1, 0.15) is 17.2 Å². The first-order chi connectivity index (χ1) is 10.2. The number of ether oxygens (including phenoxy) is 1. The van der Waals surface area contributed by atoms with E-state index in [-0.39, 0.29) is 12.5 Å². The number of carbonyl (C=O) groups is 1. The Balaban J connectivity index is 1.80. The smallest absolute Gasteiger partial charge is 0.259 e. The average Bonchev–Trinajstić information content (AvgIpc) is 3.05. The quantitative estimate of drug-likeness (QED) is 0.631. The summed E-state index contributed by atoms with van der Waals surface area (Å²) in [6.07, 6.45) is 1.56. The number of hydrogen-bond donors (Lipinski definition) is 2. The highest BCUT2D eigenvalue weighted by Crippen LogP contribution is 2.14. The number of amides is 1. The molecular weight excluding hydrogens is 270 g/mol. The molecule has 0 radical (unpaired) electrons. The van der Waals surface area contributed by atoms with Crippen LogP contribution in [0.25, 0.3) is 0 Å². The standard InChI is InChI=1S/C15H17N3O3/c1-11(14-4-3-9-21-14)17-18-15(19)10-16-12-5-7-13(20-2)8-6-12/h3-9,16H,10H2,1-2H3,(H,18,19). The van der Waals surface area contributed by atoms with Gasteiger partial charge in [0.05, 0.1) is 19.9 Å². The Bertz CT molecular complexity index is 604. The van der Waals surface area contributed by atoms with E-state index in [0.717, 1.165) is 11.4 Å². The van der Waals surface area contributed by atoms with Gasteiger partial charge < -0.3 is 14.5 Å². The highest BCUT2D eigenvalue weighted by Gasteiger charge is 2.03. The van der Waals surface area contributed by atoms with Crippen molar-refractivity contribution in [3.63, 3.8) is 0 Å². The summed E-state index contributed by atoms with van der Waals surface area (Å²) < 4.78 is 10.2. The summed E-state index contributed by atoms with van der Waals surface area (Å²) in [7, 11) is 1.61. The Morgan fingerprint density at radius 3 is 2.67 bits per heavy atom. The molecule has 0 saturated heterocycles. The second-order valence-corrected chi connectivity index (χ2v) is 4.29. The molecular formula is C15H17N3O3. The lowest BCUT2D eigenvalue weighted by molar-refractivity contribution is -0.119. The van der Waals surface area contributed by atoms with Crippen LogP contribution in [-0.4, -0.2) is 25.3 Å². The van der Waals surface area contributed by atoms with Crippen LogP contribution in [0, 0.1) is 0 Å². The van der Waals surface area contributed by atoms with Crippen LogP contribution in [0.1, 0.15) is 12.7 Å². The molecule has 0 unspecified atom stereocenters. The number of anilines is 1. The molecule has 2 rings (SSSR count). The zero-order chi connectivity index (χ0) is 15.1. The number of nitrogens with zero attached hydrogens (tertiary/aromatic N) is 1. The topological polar surface area (TPSA) is 75.9 Å². The molecule has 2 N–H and O–H groups in total. The first-order valence-electron chi connectivity index (χ1n) is 6.44. The molecule has 0 saturated carbocycles. The summed E-state index contributed by atoms with van der Waals surface area (Å²) in [4.78, 5) is 11.7. The monoisotopic (exact) mass is 287 g/mol. The van der Waals surface area contributed by atoms with Gasteiger partial charge in [0, 0.05) is 5.69 Å². The maximum atomic E-state index is 11.7. The highest BCUT2D eigenvalue weighted by atomic mass is 16.5. The Labute approximate surface area is 122 Å². The normalized spacial score (nSPS) is 11.0. The van der Waals surface area contributed by atoms with Crippen LogP contribution >= 0.6 is 0 Å². The minimum atomic E-state index is -0.239. The fourth-order valence-corrected chi connectivity index (χ4v) is 1.62. The first-order valence-corrected chi connectivity index (χ1v) is 6.44. The molecule has 0 aliphatic heterocycles. The Kier molecular flexibility index (Phi) is 4.98. The largest absolute Gasteiger partial charge is 0.497 e. The second kappa shape index (κ2) is 7.14. The molecule has 6 nitrogen and oxygen atoms in total. The van der Waals surface area contributed by atoms with E-state index < -0.39 is 0 Å². The third kappa shape index (κ3) is 4.38. The van der Waals surface area contributed by atoms with Crippen molar-refractivity contribution in [3.8, 4) is 5.75 Å². The van der Waals surface area contributed by atoms with Gasteiger partial charge in [-0.3, -0.25) is 4.79 Å². The zero-order valence-electron chi connectivity index (χ0n) is 11.9. The number of hydrazone groups is 1. The summed E-state index contributed by atoms with van der Waals surface area (Å²) in [5.41, 5.74) is 3.91.